The first kappa shape index (κ1) is 18.8. The van der Waals surface area contributed by atoms with Crippen LogP contribution in [0.5, 0.6) is 0 Å². The van der Waals surface area contributed by atoms with Crippen LogP contribution in [0.1, 0.15) is 11.5 Å². The van der Waals surface area contributed by atoms with Crippen molar-refractivity contribution in [2.24, 2.45) is 10.1 Å². The Labute approximate surface area is 168 Å². The Hall–Kier alpha value is -2.57. The van der Waals surface area contributed by atoms with Gasteiger partial charge in [0.2, 0.25) is 19.4 Å². The first-order valence-electron chi connectivity index (χ1n) is 7.76. The summed E-state index contributed by atoms with van der Waals surface area (Å²) >= 11 is 2.16. The number of hydrogen-bond acceptors (Lipinski definition) is 9. The molecule has 0 radical (unpaired) electrons. The molecule has 2 aliphatic heterocycles. The fourth-order valence-corrected chi connectivity index (χ4v) is 4.75. The normalized spacial score (nSPS) is 18.5. The average molecular weight is 436 g/mol. The molecule has 2 aliphatic rings. The van der Waals surface area contributed by atoms with Crippen molar-refractivity contribution < 1.29 is 22.0 Å². The lowest BCUT2D eigenvalue weighted by atomic mass is 10.1. The van der Waals surface area contributed by atoms with Gasteiger partial charge in [0, 0.05) is 6.26 Å². The van der Waals surface area contributed by atoms with Gasteiger partial charge in [0.15, 0.2) is 10.9 Å². The number of nitrogens with zero attached hydrogens (tertiary/aromatic N) is 3. The van der Waals surface area contributed by atoms with Crippen molar-refractivity contribution in [1.82, 2.24) is 5.01 Å². The van der Waals surface area contributed by atoms with Gasteiger partial charge >= 0.3 is 0 Å². The Morgan fingerprint density at radius 1 is 1.36 bits per heavy atom. The third-order valence-electron chi connectivity index (χ3n) is 3.58. The number of rotatable bonds is 4. The summed E-state index contributed by atoms with van der Waals surface area (Å²) in [5.74, 6) is 0.843. The number of fused-ring (bicyclic) bond motifs is 1. The highest BCUT2D eigenvalue weighted by molar-refractivity contribution is 8.42. The molecule has 0 unspecified atom stereocenters. The van der Waals surface area contributed by atoms with Crippen LogP contribution in [-0.2, 0) is 20.4 Å². The van der Waals surface area contributed by atoms with Gasteiger partial charge in [0.1, 0.15) is 11.5 Å². The summed E-state index contributed by atoms with van der Waals surface area (Å²) in [4.78, 5) is 16.1. The molecule has 0 atom stereocenters. The van der Waals surface area contributed by atoms with Crippen LogP contribution in [0, 0.1) is 5.41 Å². The van der Waals surface area contributed by atoms with Crippen molar-refractivity contribution in [2.75, 3.05) is 6.26 Å². The summed E-state index contributed by atoms with van der Waals surface area (Å²) < 4.78 is 34.0. The lowest BCUT2D eigenvalue weighted by Gasteiger charge is -2.19. The Morgan fingerprint density at radius 2 is 2.18 bits per heavy atom. The van der Waals surface area contributed by atoms with E-state index in [1.165, 1.54) is 17.8 Å². The summed E-state index contributed by atoms with van der Waals surface area (Å²) in [5, 5.41) is 13.8. The summed E-state index contributed by atoms with van der Waals surface area (Å²) in [6.07, 6.45) is 3.99. The lowest BCUT2D eigenvalue weighted by Crippen LogP contribution is -2.35. The van der Waals surface area contributed by atoms with E-state index in [0.29, 0.717) is 16.6 Å². The van der Waals surface area contributed by atoms with E-state index in [2.05, 4.69) is 10.1 Å². The Balaban J connectivity index is 1.55. The molecular weight excluding hydrogens is 424 g/mol. The van der Waals surface area contributed by atoms with E-state index in [1.807, 2.05) is 6.07 Å². The molecule has 0 fully saturated rings. The molecule has 0 aromatic carbocycles. The first-order valence-corrected chi connectivity index (χ1v) is 11.5. The summed E-state index contributed by atoms with van der Waals surface area (Å²) in [6.45, 7) is 0. The predicted octanol–water partition coefficient (Wildman–Crippen LogP) is 2.79. The number of carbonyl (C=O) groups excluding carboxylic acids is 1. The second-order valence-electron chi connectivity index (χ2n) is 5.68. The maximum atomic E-state index is 12.3. The number of amides is 1. The third kappa shape index (κ3) is 3.70. The molecule has 0 aliphatic carbocycles. The minimum atomic E-state index is -3.57. The van der Waals surface area contributed by atoms with E-state index < -0.39 is 15.7 Å². The average Bonchev–Trinajstić information content (AvgIpc) is 3.36. The first-order chi connectivity index (χ1) is 13.3. The SMILES string of the molecule is CS(=O)(=O)C1=NN2C(=N)/C(=C\c3ccc(SCc4ccco4)o3)C(=O)N=C2S1. The van der Waals surface area contributed by atoms with Crippen LogP contribution in [-0.4, -0.2) is 41.0 Å². The fraction of sp³-hybridized carbons (Fsp3) is 0.125. The van der Waals surface area contributed by atoms with E-state index >= 15 is 0 Å². The number of sulfone groups is 1. The van der Waals surface area contributed by atoms with Gasteiger partial charge in [0.05, 0.1) is 17.6 Å². The van der Waals surface area contributed by atoms with E-state index in [0.717, 1.165) is 28.8 Å². The molecule has 1 N–H and O–H groups in total. The topological polar surface area (TPSA) is 129 Å². The van der Waals surface area contributed by atoms with Gasteiger partial charge in [-0.05, 0) is 42.1 Å². The maximum Gasteiger partial charge on any atom is 0.283 e. The highest BCUT2D eigenvalue weighted by Crippen LogP contribution is 2.31. The molecule has 0 bridgehead atoms. The predicted molar refractivity (Wildman–Crippen MR) is 107 cm³/mol. The summed E-state index contributed by atoms with van der Waals surface area (Å²) in [5.41, 5.74) is -0.0419. The molecule has 12 heteroatoms. The van der Waals surface area contributed by atoms with Crippen molar-refractivity contribution in [3.8, 4) is 0 Å². The van der Waals surface area contributed by atoms with Gasteiger partial charge in [0.25, 0.3) is 5.91 Å². The van der Waals surface area contributed by atoms with Gasteiger partial charge in [-0.25, -0.2) is 8.42 Å². The molecule has 0 spiro atoms. The molecule has 4 rings (SSSR count). The molecule has 0 saturated heterocycles. The number of amidine groups is 2. The molecule has 1 amide bonds. The van der Waals surface area contributed by atoms with Crippen molar-refractivity contribution in [3.63, 3.8) is 0 Å². The molecule has 0 saturated carbocycles. The van der Waals surface area contributed by atoms with Crippen molar-refractivity contribution >= 4 is 60.7 Å². The number of carbonyl (C=O) groups is 1. The molecule has 144 valence electrons. The summed E-state index contributed by atoms with van der Waals surface area (Å²) in [7, 11) is -3.57. The second-order valence-corrected chi connectivity index (χ2v) is 9.81. The highest BCUT2D eigenvalue weighted by Gasteiger charge is 2.38. The minimum Gasteiger partial charge on any atom is -0.468 e. The van der Waals surface area contributed by atoms with Crippen LogP contribution >= 0.6 is 23.5 Å². The zero-order chi connectivity index (χ0) is 19.9. The van der Waals surface area contributed by atoms with Crippen molar-refractivity contribution in [3.05, 3.63) is 47.6 Å². The Bertz CT molecular complexity index is 1160. The van der Waals surface area contributed by atoms with Crippen LogP contribution < -0.4 is 0 Å². The maximum absolute atomic E-state index is 12.3. The van der Waals surface area contributed by atoms with Crippen LogP contribution in [0.25, 0.3) is 6.08 Å². The number of aliphatic imine (C=N–C) groups is 1. The lowest BCUT2D eigenvalue weighted by molar-refractivity contribution is -0.114. The largest absolute Gasteiger partial charge is 0.468 e. The molecule has 2 aromatic rings. The van der Waals surface area contributed by atoms with Gasteiger partial charge in [-0.1, -0.05) is 11.8 Å². The van der Waals surface area contributed by atoms with Gasteiger partial charge in [-0.2, -0.15) is 10.0 Å². The van der Waals surface area contributed by atoms with Crippen LogP contribution in [0.3, 0.4) is 0 Å². The van der Waals surface area contributed by atoms with Crippen LogP contribution in [0.4, 0.5) is 0 Å². The van der Waals surface area contributed by atoms with Crippen molar-refractivity contribution in [2.45, 2.75) is 10.8 Å². The summed E-state index contributed by atoms with van der Waals surface area (Å²) in [6, 6.07) is 7.07. The van der Waals surface area contributed by atoms with E-state index in [9.17, 15) is 13.2 Å². The molecule has 28 heavy (non-hydrogen) atoms. The molecular formula is C16H12N4O5S3. The zero-order valence-electron chi connectivity index (χ0n) is 14.3. The quantitative estimate of drug-likeness (QED) is 0.572. The Morgan fingerprint density at radius 3 is 2.89 bits per heavy atom. The molecule has 4 heterocycles. The third-order valence-corrected chi connectivity index (χ3v) is 7.09. The molecule has 2 aromatic heterocycles. The van der Waals surface area contributed by atoms with Gasteiger partial charge in [-0.15, -0.1) is 5.10 Å². The number of hydrazone groups is 1. The number of thioether (sulfide) groups is 2. The van der Waals surface area contributed by atoms with Crippen LogP contribution in [0.2, 0.25) is 0 Å². The Kier molecular flexibility index (Phi) is 4.77. The smallest absolute Gasteiger partial charge is 0.283 e. The zero-order valence-corrected chi connectivity index (χ0v) is 16.7. The molecule has 9 nitrogen and oxygen atoms in total. The fourth-order valence-electron chi connectivity index (χ4n) is 2.29. The van der Waals surface area contributed by atoms with Gasteiger partial charge in [-0.3, -0.25) is 10.2 Å². The highest BCUT2D eigenvalue weighted by atomic mass is 32.3. The standard InChI is InChI=1S/C16H12N4O5S3/c1-28(22,23)16-19-20-13(17)11(14(21)18-15(20)27-16)7-9-4-5-12(25-9)26-8-10-3-2-6-24-10/h2-7,17H,8H2,1H3/b11-7+,17-13?. The van der Waals surface area contributed by atoms with E-state index in [4.69, 9.17) is 14.2 Å². The van der Waals surface area contributed by atoms with Crippen molar-refractivity contribution in [1.29, 1.82) is 5.41 Å². The van der Waals surface area contributed by atoms with Gasteiger partial charge < -0.3 is 8.83 Å². The number of furan rings is 2. The monoisotopic (exact) mass is 436 g/mol. The minimum absolute atomic E-state index is 0.0419. The van der Waals surface area contributed by atoms with E-state index in [1.54, 1.807) is 24.5 Å². The second kappa shape index (κ2) is 7.11. The number of nitrogens with one attached hydrogen (secondary N) is 1. The number of hydrogen-bond donors (Lipinski definition) is 1. The van der Waals surface area contributed by atoms with E-state index in [-0.39, 0.29) is 21.0 Å². The van der Waals surface area contributed by atoms with Crippen LogP contribution in [0.15, 0.2) is 60.1 Å².